The Hall–Kier alpha value is -3.70. The summed E-state index contributed by atoms with van der Waals surface area (Å²) in [6, 6.07) is 13.6. The Bertz CT molecular complexity index is 1320. The summed E-state index contributed by atoms with van der Waals surface area (Å²) in [6.07, 6.45) is 9.41. The van der Waals surface area contributed by atoms with Gasteiger partial charge < -0.3 is 10.3 Å². The fraction of sp³-hybridized carbons (Fsp3) is 0.0800. The Morgan fingerprint density at radius 1 is 1.16 bits per heavy atom. The molecule has 5 nitrogen and oxygen atoms in total. The van der Waals surface area contributed by atoms with E-state index in [4.69, 9.17) is 16.6 Å². The summed E-state index contributed by atoms with van der Waals surface area (Å²) in [5.41, 5.74) is 6.42. The molecule has 0 radical (unpaired) electrons. The van der Waals surface area contributed by atoms with Crippen molar-refractivity contribution in [1.82, 2.24) is 19.9 Å². The van der Waals surface area contributed by atoms with Crippen molar-refractivity contribution in [2.75, 3.05) is 5.32 Å². The number of anilines is 2. The number of halogens is 1. The van der Waals surface area contributed by atoms with E-state index in [2.05, 4.69) is 26.8 Å². The molecular formula is C25H22ClN5. The molecule has 2 aromatic carbocycles. The summed E-state index contributed by atoms with van der Waals surface area (Å²) in [5, 5.41) is 4.00. The van der Waals surface area contributed by atoms with Gasteiger partial charge in [-0.05, 0) is 55.3 Å². The molecule has 0 atom stereocenters. The van der Waals surface area contributed by atoms with Crippen LogP contribution in [0.5, 0.6) is 0 Å². The third-order valence-corrected chi connectivity index (χ3v) is 5.05. The van der Waals surface area contributed by atoms with E-state index in [0.29, 0.717) is 11.0 Å². The Kier molecular flexibility index (Phi) is 5.96. The van der Waals surface area contributed by atoms with Crippen LogP contribution in [-0.4, -0.2) is 19.9 Å². The molecule has 0 fully saturated rings. The van der Waals surface area contributed by atoms with Crippen LogP contribution in [0.15, 0.2) is 79.5 Å². The minimum Gasteiger partial charge on any atom is -0.338 e. The van der Waals surface area contributed by atoms with E-state index in [1.54, 1.807) is 12.3 Å². The predicted molar refractivity (Wildman–Crippen MR) is 130 cm³/mol. The molecule has 0 saturated heterocycles. The number of rotatable bonds is 6. The normalized spacial score (nSPS) is 11.9. The number of nitrogens with zero attached hydrogens (tertiary/aromatic N) is 3. The Morgan fingerprint density at radius 2 is 2.03 bits per heavy atom. The van der Waals surface area contributed by atoms with Gasteiger partial charge in [-0.15, -0.1) is 0 Å². The molecule has 0 saturated carbocycles. The van der Waals surface area contributed by atoms with Crippen LogP contribution in [0.25, 0.3) is 28.0 Å². The summed E-state index contributed by atoms with van der Waals surface area (Å²) < 4.78 is 0. The highest BCUT2D eigenvalue weighted by atomic mass is 35.5. The summed E-state index contributed by atoms with van der Waals surface area (Å²) in [4.78, 5) is 17.1. The van der Waals surface area contributed by atoms with Crippen LogP contribution in [0.3, 0.4) is 0 Å². The number of hydrogen-bond acceptors (Lipinski definition) is 4. The van der Waals surface area contributed by atoms with E-state index >= 15 is 0 Å². The fourth-order valence-electron chi connectivity index (χ4n) is 3.23. The third-order valence-electron chi connectivity index (χ3n) is 4.81. The lowest BCUT2D eigenvalue weighted by atomic mass is 10.1. The number of H-pyrrole nitrogens is 1. The zero-order valence-corrected chi connectivity index (χ0v) is 18.1. The van der Waals surface area contributed by atoms with Crippen LogP contribution in [-0.2, 0) is 0 Å². The number of hydrogen-bond donors (Lipinski definition) is 2. The van der Waals surface area contributed by atoms with Gasteiger partial charge in [-0.25, -0.2) is 15.0 Å². The second kappa shape index (κ2) is 8.98. The molecule has 4 aromatic rings. The molecule has 6 heteroatoms. The fourth-order valence-corrected chi connectivity index (χ4v) is 3.42. The number of allylic oxidation sites excluding steroid dienone is 5. The van der Waals surface area contributed by atoms with Gasteiger partial charge in [0.05, 0.1) is 16.7 Å². The van der Waals surface area contributed by atoms with Crippen molar-refractivity contribution in [2.45, 2.75) is 13.8 Å². The SMILES string of the molecule is C=C/C(=C\C=C/C)c1ccnc(Nc2cc3[nH]c(-c4cccc(Cl)c4)nc3cc2C)n1. The van der Waals surface area contributed by atoms with Gasteiger partial charge in [0, 0.05) is 22.5 Å². The number of fused-ring (bicyclic) bond motifs is 1. The van der Waals surface area contributed by atoms with Crippen molar-refractivity contribution in [1.29, 1.82) is 0 Å². The lowest BCUT2D eigenvalue weighted by molar-refractivity contribution is 1.14. The molecule has 0 aliphatic carbocycles. The number of aromatic amines is 1. The number of aromatic nitrogens is 4. The second-order valence-corrected chi connectivity index (χ2v) is 7.46. The van der Waals surface area contributed by atoms with Crippen molar-refractivity contribution in [3.63, 3.8) is 0 Å². The van der Waals surface area contributed by atoms with Crippen LogP contribution in [0.2, 0.25) is 5.02 Å². The minimum atomic E-state index is 0.516. The lowest BCUT2D eigenvalue weighted by Crippen LogP contribution is -2.00. The van der Waals surface area contributed by atoms with Crippen LogP contribution < -0.4 is 5.32 Å². The first kappa shape index (κ1) is 20.6. The summed E-state index contributed by atoms with van der Waals surface area (Å²) >= 11 is 6.13. The van der Waals surface area contributed by atoms with Gasteiger partial charge in [-0.1, -0.05) is 54.6 Å². The van der Waals surface area contributed by atoms with Gasteiger partial charge in [0.15, 0.2) is 0 Å². The van der Waals surface area contributed by atoms with Crippen molar-refractivity contribution < 1.29 is 0 Å². The maximum atomic E-state index is 6.13. The molecule has 0 aliphatic heterocycles. The summed E-state index contributed by atoms with van der Waals surface area (Å²) in [6.45, 7) is 7.88. The largest absolute Gasteiger partial charge is 0.338 e. The average Bonchev–Trinajstić information content (AvgIpc) is 3.18. The Balaban J connectivity index is 1.67. The number of aryl methyl sites for hydroxylation is 1. The first-order chi connectivity index (χ1) is 15.1. The highest BCUT2D eigenvalue weighted by Gasteiger charge is 2.10. The van der Waals surface area contributed by atoms with Crippen molar-refractivity contribution in [2.24, 2.45) is 0 Å². The minimum absolute atomic E-state index is 0.516. The van der Waals surface area contributed by atoms with Gasteiger partial charge in [-0.3, -0.25) is 0 Å². The topological polar surface area (TPSA) is 66.5 Å². The van der Waals surface area contributed by atoms with Gasteiger partial charge in [0.1, 0.15) is 5.82 Å². The van der Waals surface area contributed by atoms with E-state index in [-0.39, 0.29) is 0 Å². The molecule has 2 aromatic heterocycles. The van der Waals surface area contributed by atoms with E-state index < -0.39 is 0 Å². The Morgan fingerprint density at radius 3 is 2.81 bits per heavy atom. The number of nitrogens with one attached hydrogen (secondary N) is 2. The van der Waals surface area contributed by atoms with E-state index in [0.717, 1.165) is 44.9 Å². The molecule has 0 aliphatic rings. The zero-order chi connectivity index (χ0) is 21.8. The second-order valence-electron chi connectivity index (χ2n) is 7.02. The predicted octanol–water partition coefficient (Wildman–Crippen LogP) is 6.87. The zero-order valence-electron chi connectivity index (χ0n) is 17.4. The van der Waals surface area contributed by atoms with Crippen LogP contribution in [0, 0.1) is 6.92 Å². The molecule has 154 valence electrons. The molecule has 0 bridgehead atoms. The summed E-state index contributed by atoms with van der Waals surface area (Å²) in [5.74, 6) is 1.29. The van der Waals surface area contributed by atoms with E-state index in [1.807, 2.05) is 74.5 Å². The van der Waals surface area contributed by atoms with Crippen molar-refractivity contribution in [3.8, 4) is 11.4 Å². The van der Waals surface area contributed by atoms with Crippen molar-refractivity contribution >= 4 is 39.8 Å². The molecular weight excluding hydrogens is 406 g/mol. The highest BCUT2D eigenvalue weighted by molar-refractivity contribution is 6.30. The Labute approximate surface area is 186 Å². The van der Waals surface area contributed by atoms with Crippen LogP contribution in [0.4, 0.5) is 11.6 Å². The first-order valence-electron chi connectivity index (χ1n) is 9.89. The van der Waals surface area contributed by atoms with Gasteiger partial charge >= 0.3 is 0 Å². The number of imidazole rings is 1. The lowest BCUT2D eigenvalue weighted by Gasteiger charge is -2.09. The molecule has 31 heavy (non-hydrogen) atoms. The molecule has 0 unspecified atom stereocenters. The standard InChI is InChI=1S/C25H22ClN5/c1-4-6-8-17(5-2)20-11-12-27-25(30-20)31-21-15-23-22(13-16(21)3)28-24(29-23)18-9-7-10-19(26)14-18/h4-15H,2H2,1,3H3,(H,28,29)(H,27,30,31)/b6-4-,17-8+. The van der Waals surface area contributed by atoms with Gasteiger partial charge in [0.25, 0.3) is 0 Å². The number of benzene rings is 2. The quantitative estimate of drug-likeness (QED) is 0.329. The van der Waals surface area contributed by atoms with Crippen molar-refractivity contribution in [3.05, 3.63) is 95.8 Å². The molecule has 0 amide bonds. The molecule has 2 heterocycles. The maximum absolute atomic E-state index is 6.13. The summed E-state index contributed by atoms with van der Waals surface area (Å²) in [7, 11) is 0. The van der Waals surface area contributed by atoms with E-state index in [9.17, 15) is 0 Å². The highest BCUT2D eigenvalue weighted by Crippen LogP contribution is 2.28. The first-order valence-corrected chi connectivity index (χ1v) is 10.3. The molecule has 4 rings (SSSR count). The monoisotopic (exact) mass is 427 g/mol. The molecule has 0 spiro atoms. The average molecular weight is 428 g/mol. The molecule has 2 N–H and O–H groups in total. The maximum Gasteiger partial charge on any atom is 0.227 e. The third kappa shape index (κ3) is 4.57. The van der Waals surface area contributed by atoms with Crippen LogP contribution in [0.1, 0.15) is 18.2 Å². The van der Waals surface area contributed by atoms with Gasteiger partial charge in [-0.2, -0.15) is 0 Å². The van der Waals surface area contributed by atoms with Crippen LogP contribution >= 0.6 is 11.6 Å². The van der Waals surface area contributed by atoms with Gasteiger partial charge in [0.2, 0.25) is 5.95 Å². The smallest absolute Gasteiger partial charge is 0.227 e. The van der Waals surface area contributed by atoms with E-state index in [1.165, 1.54) is 0 Å².